The maximum absolute atomic E-state index is 6.56. The molecule has 1 heterocycles. The second-order valence-corrected chi connectivity index (χ2v) is 11.5. The number of benzene rings is 6. The first kappa shape index (κ1) is 26.6. The SMILES string of the molecule is N/C(=N\C(=N/Cc1ccc(-c2ccccc2)cc1)c1ccccc1)c1ccc(-c2ccc3c(c2)sc2ccccc23)cc1. The van der Waals surface area contributed by atoms with E-state index in [1.807, 2.05) is 59.9 Å². The first-order valence-corrected chi connectivity index (χ1v) is 15.1. The monoisotopic (exact) mass is 571 g/mol. The van der Waals surface area contributed by atoms with Gasteiger partial charge < -0.3 is 5.73 Å². The summed E-state index contributed by atoms with van der Waals surface area (Å²) in [7, 11) is 0. The second kappa shape index (κ2) is 11.9. The summed E-state index contributed by atoms with van der Waals surface area (Å²) in [5.41, 5.74) is 14.2. The van der Waals surface area contributed by atoms with E-state index in [0.29, 0.717) is 18.2 Å². The van der Waals surface area contributed by atoms with Crippen LogP contribution in [0.4, 0.5) is 0 Å². The van der Waals surface area contributed by atoms with Crippen molar-refractivity contribution in [2.45, 2.75) is 6.54 Å². The summed E-state index contributed by atoms with van der Waals surface area (Å²) in [6, 6.07) is 52.5. The summed E-state index contributed by atoms with van der Waals surface area (Å²) in [6.45, 7) is 0.509. The normalized spacial score (nSPS) is 12.2. The molecule has 0 fully saturated rings. The Labute approximate surface area is 255 Å². The molecule has 6 aromatic carbocycles. The van der Waals surface area contributed by atoms with Crippen LogP contribution in [0.3, 0.4) is 0 Å². The highest BCUT2D eigenvalue weighted by Gasteiger charge is 2.09. The third-order valence-corrected chi connectivity index (χ3v) is 8.76. The molecule has 0 bridgehead atoms. The topological polar surface area (TPSA) is 50.7 Å². The van der Waals surface area contributed by atoms with Crippen LogP contribution in [0.5, 0.6) is 0 Å². The number of aliphatic imine (C=N–C) groups is 2. The van der Waals surface area contributed by atoms with Crippen LogP contribution in [0, 0.1) is 0 Å². The molecule has 7 aromatic rings. The fraction of sp³-hybridized carbons (Fsp3) is 0.0256. The Hall–Kier alpha value is -5.32. The molecule has 2 N–H and O–H groups in total. The van der Waals surface area contributed by atoms with Crippen molar-refractivity contribution in [3.8, 4) is 22.3 Å². The molecule has 0 unspecified atom stereocenters. The molecule has 0 aliphatic rings. The van der Waals surface area contributed by atoms with E-state index >= 15 is 0 Å². The first-order valence-electron chi connectivity index (χ1n) is 14.3. The van der Waals surface area contributed by atoms with Gasteiger partial charge >= 0.3 is 0 Å². The molecule has 43 heavy (non-hydrogen) atoms. The zero-order valence-electron chi connectivity index (χ0n) is 23.5. The number of thiophene rings is 1. The number of nitrogens with two attached hydrogens (primary N) is 1. The van der Waals surface area contributed by atoms with Crippen molar-refractivity contribution in [1.82, 2.24) is 0 Å². The van der Waals surface area contributed by atoms with Crippen molar-refractivity contribution in [3.05, 3.63) is 168 Å². The van der Waals surface area contributed by atoms with Crippen LogP contribution < -0.4 is 5.73 Å². The highest BCUT2D eigenvalue weighted by atomic mass is 32.1. The summed E-state index contributed by atoms with van der Waals surface area (Å²) in [5.74, 6) is 1.05. The smallest absolute Gasteiger partial charge is 0.157 e. The quantitative estimate of drug-likeness (QED) is 0.157. The van der Waals surface area contributed by atoms with Crippen molar-refractivity contribution in [3.63, 3.8) is 0 Å². The van der Waals surface area contributed by atoms with Crippen molar-refractivity contribution in [2.75, 3.05) is 0 Å². The van der Waals surface area contributed by atoms with E-state index in [9.17, 15) is 0 Å². The first-order chi connectivity index (χ1) is 21.2. The van der Waals surface area contributed by atoms with E-state index in [1.165, 1.54) is 36.9 Å². The van der Waals surface area contributed by atoms with E-state index in [4.69, 9.17) is 15.7 Å². The molecule has 0 aliphatic carbocycles. The van der Waals surface area contributed by atoms with Crippen molar-refractivity contribution in [1.29, 1.82) is 0 Å². The van der Waals surface area contributed by atoms with Gasteiger partial charge in [0.2, 0.25) is 0 Å². The molecular weight excluding hydrogens is 543 g/mol. The molecule has 3 nitrogen and oxygen atoms in total. The Morgan fingerprint density at radius 3 is 1.86 bits per heavy atom. The van der Waals surface area contributed by atoms with E-state index in [1.54, 1.807) is 0 Å². The van der Waals surface area contributed by atoms with E-state index in [-0.39, 0.29) is 0 Å². The predicted molar refractivity (Wildman–Crippen MR) is 184 cm³/mol. The second-order valence-electron chi connectivity index (χ2n) is 10.5. The maximum Gasteiger partial charge on any atom is 0.157 e. The predicted octanol–water partition coefficient (Wildman–Crippen LogP) is 9.74. The lowest BCUT2D eigenvalue weighted by molar-refractivity contribution is 1.06. The summed E-state index contributed by atoms with van der Waals surface area (Å²) in [4.78, 5) is 9.71. The van der Waals surface area contributed by atoms with Gasteiger partial charge in [-0.05, 0) is 39.9 Å². The summed E-state index contributed by atoms with van der Waals surface area (Å²) < 4.78 is 2.61. The number of rotatable bonds is 6. The average Bonchev–Trinajstić information content (AvgIpc) is 3.45. The fourth-order valence-electron chi connectivity index (χ4n) is 5.30. The van der Waals surface area contributed by atoms with Gasteiger partial charge in [0.05, 0.1) is 6.54 Å². The highest BCUT2D eigenvalue weighted by Crippen LogP contribution is 2.36. The lowest BCUT2D eigenvalue weighted by atomic mass is 10.0. The van der Waals surface area contributed by atoms with Crippen LogP contribution in [0.15, 0.2) is 162 Å². The highest BCUT2D eigenvalue weighted by molar-refractivity contribution is 7.25. The van der Waals surface area contributed by atoms with Gasteiger partial charge in [0.1, 0.15) is 5.84 Å². The third-order valence-electron chi connectivity index (χ3n) is 7.62. The third kappa shape index (κ3) is 5.74. The Balaban J connectivity index is 1.14. The number of hydrogen-bond acceptors (Lipinski definition) is 2. The standard InChI is InChI=1S/C39H29N3S/c40-38(31-21-19-30(20-22-31)33-23-24-35-34-13-7-8-14-36(34)43-37(35)25-33)42-39(32-11-5-2-6-12-32)41-26-27-15-17-29(18-16-27)28-9-3-1-4-10-28/h1-25H,26H2,(H2,40,41,42). The van der Waals surface area contributed by atoms with Crippen molar-refractivity contribution < 1.29 is 0 Å². The lowest BCUT2D eigenvalue weighted by Crippen LogP contribution is -2.16. The maximum atomic E-state index is 6.56. The van der Waals surface area contributed by atoms with Crippen LogP contribution in [0.25, 0.3) is 42.4 Å². The molecule has 0 spiro atoms. The van der Waals surface area contributed by atoms with Crippen molar-refractivity contribution >= 4 is 43.2 Å². The van der Waals surface area contributed by atoms with Crippen molar-refractivity contribution in [2.24, 2.45) is 15.7 Å². The van der Waals surface area contributed by atoms with E-state index in [2.05, 4.69) is 103 Å². The molecular formula is C39H29N3S. The van der Waals surface area contributed by atoms with E-state index < -0.39 is 0 Å². The minimum atomic E-state index is 0.438. The molecule has 0 atom stereocenters. The molecule has 206 valence electrons. The minimum Gasteiger partial charge on any atom is -0.383 e. The summed E-state index contributed by atoms with van der Waals surface area (Å²) in [6.07, 6.45) is 0. The van der Waals surface area contributed by atoms with Crippen LogP contribution in [-0.4, -0.2) is 11.7 Å². The fourth-order valence-corrected chi connectivity index (χ4v) is 6.44. The molecule has 1 aromatic heterocycles. The molecule has 0 saturated heterocycles. The molecule has 0 aliphatic heterocycles. The van der Waals surface area contributed by atoms with Gasteiger partial charge in [0.25, 0.3) is 0 Å². The molecule has 0 saturated carbocycles. The van der Waals surface area contributed by atoms with Crippen LogP contribution >= 0.6 is 11.3 Å². The van der Waals surface area contributed by atoms with Crippen LogP contribution in [0.1, 0.15) is 16.7 Å². The number of amidine groups is 2. The lowest BCUT2D eigenvalue weighted by Gasteiger charge is -2.08. The number of hydrogen-bond donors (Lipinski definition) is 1. The zero-order valence-corrected chi connectivity index (χ0v) is 24.3. The van der Waals surface area contributed by atoms with Gasteiger partial charge in [0.15, 0.2) is 5.84 Å². The Morgan fingerprint density at radius 2 is 1.09 bits per heavy atom. The molecule has 7 rings (SSSR count). The molecule has 0 radical (unpaired) electrons. The number of fused-ring (bicyclic) bond motifs is 3. The van der Waals surface area contributed by atoms with Gasteiger partial charge in [-0.25, -0.2) is 4.99 Å². The molecule has 4 heteroatoms. The minimum absolute atomic E-state index is 0.438. The van der Waals surface area contributed by atoms with Gasteiger partial charge in [-0.15, -0.1) is 11.3 Å². The van der Waals surface area contributed by atoms with Gasteiger partial charge in [-0.3, -0.25) is 4.99 Å². The van der Waals surface area contributed by atoms with Crippen LogP contribution in [-0.2, 0) is 6.54 Å². The van der Waals surface area contributed by atoms with Gasteiger partial charge in [-0.2, -0.15) is 0 Å². The average molecular weight is 572 g/mol. The van der Waals surface area contributed by atoms with Crippen LogP contribution in [0.2, 0.25) is 0 Å². The van der Waals surface area contributed by atoms with E-state index in [0.717, 1.165) is 22.3 Å². The number of nitrogens with zero attached hydrogens (tertiary/aromatic N) is 2. The Kier molecular flexibility index (Phi) is 7.34. The Bertz CT molecular complexity index is 2070. The molecule has 0 amide bonds. The zero-order chi connectivity index (χ0) is 29.0. The Morgan fingerprint density at radius 1 is 0.512 bits per heavy atom. The summed E-state index contributed by atoms with van der Waals surface area (Å²) >= 11 is 1.83. The summed E-state index contributed by atoms with van der Waals surface area (Å²) in [5, 5.41) is 2.62. The largest absolute Gasteiger partial charge is 0.383 e. The van der Waals surface area contributed by atoms with Gasteiger partial charge in [0, 0.05) is 31.3 Å². The van der Waals surface area contributed by atoms with Gasteiger partial charge in [-0.1, -0.05) is 140 Å².